The molecular weight excluding hydrogens is 324 g/mol. The van der Waals surface area contributed by atoms with Crippen molar-refractivity contribution in [1.82, 2.24) is 19.9 Å². The van der Waals surface area contributed by atoms with E-state index in [-0.39, 0.29) is 5.91 Å². The van der Waals surface area contributed by atoms with Crippen LogP contribution in [0, 0.1) is 5.92 Å². The van der Waals surface area contributed by atoms with Gasteiger partial charge in [-0.1, -0.05) is 61.2 Å². The molecule has 1 aromatic carbocycles. The lowest BCUT2D eigenvalue weighted by atomic mass is 9.85. The van der Waals surface area contributed by atoms with E-state index in [1.54, 1.807) is 0 Å². The second-order valence-electron chi connectivity index (χ2n) is 7.84. The van der Waals surface area contributed by atoms with Crippen LogP contribution in [0.25, 0.3) is 0 Å². The molecular formula is C21H28N4O. The van der Waals surface area contributed by atoms with Gasteiger partial charge in [0.1, 0.15) is 0 Å². The maximum absolute atomic E-state index is 13.1. The summed E-state index contributed by atoms with van der Waals surface area (Å²) in [5, 5.41) is 8.51. The summed E-state index contributed by atoms with van der Waals surface area (Å²) in [6.45, 7) is 1.47. The van der Waals surface area contributed by atoms with E-state index in [9.17, 15) is 4.79 Å². The minimum Gasteiger partial charge on any atom is -0.333 e. The minimum atomic E-state index is 0.0165. The zero-order valence-electron chi connectivity index (χ0n) is 15.4. The number of carbonyl (C=O) groups excluding carboxylic acids is 1. The normalized spacial score (nSPS) is 18.5. The van der Waals surface area contributed by atoms with Gasteiger partial charge in [-0.3, -0.25) is 4.79 Å². The van der Waals surface area contributed by atoms with Gasteiger partial charge in [-0.05, 0) is 37.2 Å². The summed E-state index contributed by atoms with van der Waals surface area (Å²) < 4.78 is 1.93. The molecule has 0 aliphatic heterocycles. The highest BCUT2D eigenvalue weighted by molar-refractivity contribution is 5.91. The predicted octanol–water partition coefficient (Wildman–Crippen LogP) is 4.23. The Hall–Kier alpha value is -2.17. The lowest BCUT2D eigenvalue weighted by Crippen LogP contribution is -2.37. The van der Waals surface area contributed by atoms with Gasteiger partial charge in [0.15, 0.2) is 5.69 Å². The lowest BCUT2D eigenvalue weighted by Gasteiger charge is -2.32. The number of aromatic nitrogens is 3. The van der Waals surface area contributed by atoms with Crippen LogP contribution in [0.5, 0.6) is 0 Å². The third kappa shape index (κ3) is 3.97. The fourth-order valence-electron chi connectivity index (χ4n) is 4.07. The molecule has 1 amide bonds. The van der Waals surface area contributed by atoms with Gasteiger partial charge in [-0.25, -0.2) is 4.68 Å². The second-order valence-corrected chi connectivity index (χ2v) is 7.84. The molecule has 2 fully saturated rings. The highest BCUT2D eigenvalue weighted by Gasteiger charge is 2.27. The molecule has 0 N–H and O–H groups in total. The number of hydrogen-bond acceptors (Lipinski definition) is 3. The van der Waals surface area contributed by atoms with E-state index in [1.165, 1.54) is 44.1 Å². The fourth-order valence-corrected chi connectivity index (χ4v) is 4.07. The van der Waals surface area contributed by atoms with Gasteiger partial charge in [-0.2, -0.15) is 0 Å². The molecule has 5 nitrogen and oxygen atoms in total. The predicted molar refractivity (Wildman–Crippen MR) is 101 cm³/mol. The topological polar surface area (TPSA) is 51.0 Å². The van der Waals surface area contributed by atoms with Crippen LogP contribution >= 0.6 is 0 Å². The first kappa shape index (κ1) is 17.3. The standard InChI is InChI=1S/C21H28N4O/c26-21(20-16-25(23-22-20)19-12-5-2-6-13-19)24(15-18-10-7-11-18)14-17-8-3-1-4-9-17/h1,3-4,8-9,16,18-19H,2,5-7,10-15H2. The molecule has 1 heterocycles. The van der Waals surface area contributed by atoms with E-state index in [0.717, 1.165) is 19.4 Å². The molecule has 0 saturated heterocycles. The number of carbonyl (C=O) groups is 1. The Morgan fingerprint density at radius 3 is 2.50 bits per heavy atom. The first-order valence-corrected chi connectivity index (χ1v) is 10.0. The van der Waals surface area contributed by atoms with Crippen LogP contribution in [0.1, 0.15) is 73.5 Å². The van der Waals surface area contributed by atoms with Crippen molar-refractivity contribution in [2.24, 2.45) is 5.92 Å². The van der Waals surface area contributed by atoms with E-state index in [0.29, 0.717) is 24.2 Å². The summed E-state index contributed by atoms with van der Waals surface area (Å²) in [5.74, 6) is 0.652. The highest BCUT2D eigenvalue weighted by atomic mass is 16.2. The molecule has 0 unspecified atom stereocenters. The van der Waals surface area contributed by atoms with Crippen molar-refractivity contribution in [3.8, 4) is 0 Å². The van der Waals surface area contributed by atoms with E-state index >= 15 is 0 Å². The average Bonchev–Trinajstić information content (AvgIpc) is 3.15. The molecule has 5 heteroatoms. The Bertz CT molecular complexity index is 717. The van der Waals surface area contributed by atoms with Crippen LogP contribution < -0.4 is 0 Å². The van der Waals surface area contributed by atoms with E-state index < -0.39 is 0 Å². The third-order valence-corrected chi connectivity index (χ3v) is 5.89. The molecule has 2 aliphatic carbocycles. The van der Waals surface area contributed by atoms with Crippen molar-refractivity contribution in [2.45, 2.75) is 64.0 Å². The number of amides is 1. The van der Waals surface area contributed by atoms with Crippen molar-refractivity contribution in [2.75, 3.05) is 6.54 Å². The number of rotatable bonds is 6. The molecule has 0 atom stereocenters. The molecule has 4 rings (SSSR count). The van der Waals surface area contributed by atoms with Crippen LogP contribution in [0.4, 0.5) is 0 Å². The van der Waals surface area contributed by atoms with Crippen molar-refractivity contribution in [3.63, 3.8) is 0 Å². The molecule has 0 radical (unpaired) electrons. The zero-order valence-corrected chi connectivity index (χ0v) is 15.4. The summed E-state index contributed by atoms with van der Waals surface area (Å²) in [6.07, 6.45) is 11.7. The Balaban J connectivity index is 1.48. The molecule has 26 heavy (non-hydrogen) atoms. The summed E-state index contributed by atoms with van der Waals surface area (Å²) >= 11 is 0. The molecule has 138 valence electrons. The summed E-state index contributed by atoms with van der Waals surface area (Å²) in [6, 6.07) is 10.6. The zero-order chi connectivity index (χ0) is 17.8. The van der Waals surface area contributed by atoms with Gasteiger partial charge < -0.3 is 4.90 Å². The SMILES string of the molecule is O=C(c1cn(C2CCCCC2)nn1)N(Cc1ccccc1)CC1CCC1. The van der Waals surface area contributed by atoms with Crippen molar-refractivity contribution in [3.05, 3.63) is 47.8 Å². The van der Waals surface area contributed by atoms with Crippen LogP contribution in [0.2, 0.25) is 0 Å². The largest absolute Gasteiger partial charge is 0.333 e. The minimum absolute atomic E-state index is 0.0165. The maximum atomic E-state index is 13.1. The van der Waals surface area contributed by atoms with Crippen LogP contribution in [0.3, 0.4) is 0 Å². The molecule has 2 aromatic rings. The van der Waals surface area contributed by atoms with E-state index in [2.05, 4.69) is 22.4 Å². The van der Waals surface area contributed by atoms with Crippen molar-refractivity contribution < 1.29 is 4.79 Å². The van der Waals surface area contributed by atoms with Gasteiger partial charge in [0.25, 0.3) is 5.91 Å². The Kier molecular flexibility index (Phi) is 5.32. The van der Waals surface area contributed by atoms with Crippen LogP contribution in [-0.4, -0.2) is 32.3 Å². The van der Waals surface area contributed by atoms with Gasteiger partial charge in [-0.15, -0.1) is 5.10 Å². The van der Waals surface area contributed by atoms with E-state index in [1.807, 2.05) is 34.0 Å². The Morgan fingerprint density at radius 2 is 1.81 bits per heavy atom. The first-order valence-electron chi connectivity index (χ1n) is 10.0. The number of nitrogens with zero attached hydrogens (tertiary/aromatic N) is 4. The van der Waals surface area contributed by atoms with Gasteiger partial charge in [0.05, 0.1) is 12.2 Å². The molecule has 0 spiro atoms. The van der Waals surface area contributed by atoms with Crippen LogP contribution in [0.15, 0.2) is 36.5 Å². The smallest absolute Gasteiger partial charge is 0.276 e. The Morgan fingerprint density at radius 1 is 1.04 bits per heavy atom. The Labute approximate surface area is 155 Å². The van der Waals surface area contributed by atoms with E-state index in [4.69, 9.17) is 0 Å². The summed E-state index contributed by atoms with van der Waals surface area (Å²) in [5.41, 5.74) is 1.66. The number of hydrogen-bond donors (Lipinski definition) is 0. The van der Waals surface area contributed by atoms with Gasteiger partial charge >= 0.3 is 0 Å². The lowest BCUT2D eigenvalue weighted by molar-refractivity contribution is 0.0673. The second kappa shape index (κ2) is 8.02. The summed E-state index contributed by atoms with van der Waals surface area (Å²) in [4.78, 5) is 15.1. The quantitative estimate of drug-likeness (QED) is 0.782. The molecule has 2 aliphatic rings. The number of benzene rings is 1. The van der Waals surface area contributed by atoms with Gasteiger partial charge in [0, 0.05) is 13.1 Å². The van der Waals surface area contributed by atoms with Gasteiger partial charge in [0.2, 0.25) is 0 Å². The maximum Gasteiger partial charge on any atom is 0.276 e. The van der Waals surface area contributed by atoms with Crippen molar-refractivity contribution >= 4 is 5.91 Å². The molecule has 0 bridgehead atoms. The molecule has 2 saturated carbocycles. The summed E-state index contributed by atoms with van der Waals surface area (Å²) in [7, 11) is 0. The van der Waals surface area contributed by atoms with Crippen molar-refractivity contribution in [1.29, 1.82) is 0 Å². The monoisotopic (exact) mass is 352 g/mol. The average molecular weight is 352 g/mol. The first-order chi connectivity index (χ1) is 12.8. The molecule has 1 aromatic heterocycles. The fraction of sp³-hybridized carbons (Fsp3) is 0.571. The van der Waals surface area contributed by atoms with Crippen LogP contribution in [-0.2, 0) is 6.54 Å². The highest BCUT2D eigenvalue weighted by Crippen LogP contribution is 2.29. The third-order valence-electron chi connectivity index (χ3n) is 5.89.